The van der Waals surface area contributed by atoms with E-state index in [9.17, 15) is 4.79 Å². The number of rotatable bonds is 6. The number of carbonyl (C=O) groups excluding carboxylic acids is 1. The molecule has 0 N–H and O–H groups in total. The van der Waals surface area contributed by atoms with E-state index in [0.29, 0.717) is 53.2 Å². The van der Waals surface area contributed by atoms with Gasteiger partial charge in [-0.3, -0.25) is 4.79 Å². The van der Waals surface area contributed by atoms with Gasteiger partial charge in [0.25, 0.3) is 0 Å². The smallest absolute Gasteiger partial charge is 0.249 e. The molecule has 1 fully saturated rings. The van der Waals surface area contributed by atoms with Gasteiger partial charge in [0.1, 0.15) is 17.5 Å². The lowest BCUT2D eigenvalue weighted by atomic mass is 10.1. The zero-order valence-corrected chi connectivity index (χ0v) is 16.8. The molecule has 1 atom stereocenters. The minimum absolute atomic E-state index is 0.0535. The molecule has 0 radical (unpaired) electrons. The average molecular weight is 414 g/mol. The van der Waals surface area contributed by atoms with Crippen molar-refractivity contribution in [3.63, 3.8) is 0 Å². The fraction of sp³-hybridized carbons (Fsp3) is 0.286. The van der Waals surface area contributed by atoms with Crippen LogP contribution in [0, 0.1) is 0 Å². The summed E-state index contributed by atoms with van der Waals surface area (Å²) in [7, 11) is 3.16. The van der Waals surface area contributed by atoms with Crippen LogP contribution in [0.2, 0.25) is 5.02 Å². The predicted molar refractivity (Wildman–Crippen MR) is 107 cm³/mol. The molecule has 0 spiro atoms. The maximum absolute atomic E-state index is 12.5. The van der Waals surface area contributed by atoms with E-state index >= 15 is 0 Å². The molecule has 1 aliphatic rings. The van der Waals surface area contributed by atoms with Crippen LogP contribution >= 0.6 is 11.6 Å². The molecule has 2 aromatic carbocycles. The Labute approximate surface area is 173 Å². The number of nitrogens with zero attached hydrogens (tertiary/aromatic N) is 3. The van der Waals surface area contributed by atoms with Crippen molar-refractivity contribution in [1.29, 1.82) is 0 Å². The Hall–Kier alpha value is -3.06. The molecule has 1 aliphatic heterocycles. The normalized spacial score (nSPS) is 16.3. The lowest BCUT2D eigenvalue weighted by Gasteiger charge is -2.22. The van der Waals surface area contributed by atoms with Crippen molar-refractivity contribution < 1.29 is 18.8 Å². The number of aromatic nitrogens is 2. The van der Waals surface area contributed by atoms with E-state index in [-0.39, 0.29) is 11.9 Å². The number of benzene rings is 2. The van der Waals surface area contributed by atoms with Crippen LogP contribution in [0.5, 0.6) is 11.5 Å². The first kappa shape index (κ1) is 19.3. The second kappa shape index (κ2) is 8.13. The van der Waals surface area contributed by atoms with E-state index in [1.165, 1.54) is 0 Å². The SMILES string of the molecule is COc1cc(OC)cc(-c2noc(C3CCC(=O)N3Cc3cccc(Cl)c3)n2)c1. The summed E-state index contributed by atoms with van der Waals surface area (Å²) in [6.45, 7) is 0.439. The number of likely N-dealkylation sites (tertiary alicyclic amines) is 1. The van der Waals surface area contributed by atoms with Crippen LogP contribution in [-0.4, -0.2) is 35.2 Å². The van der Waals surface area contributed by atoms with Crippen molar-refractivity contribution in [2.45, 2.75) is 25.4 Å². The molecule has 0 aliphatic carbocycles. The highest BCUT2D eigenvalue weighted by Gasteiger charge is 2.36. The van der Waals surface area contributed by atoms with Gasteiger partial charge in [-0.05, 0) is 36.2 Å². The van der Waals surface area contributed by atoms with Crippen LogP contribution in [0.15, 0.2) is 47.0 Å². The van der Waals surface area contributed by atoms with E-state index in [1.54, 1.807) is 43.4 Å². The van der Waals surface area contributed by atoms with E-state index < -0.39 is 0 Å². The predicted octanol–water partition coefficient (Wildman–Crippen LogP) is 4.27. The van der Waals surface area contributed by atoms with Crippen LogP contribution in [0.1, 0.15) is 30.3 Å². The Morgan fingerprint density at radius 1 is 1.17 bits per heavy atom. The zero-order chi connectivity index (χ0) is 20.4. The Balaban J connectivity index is 1.60. The van der Waals surface area contributed by atoms with Crippen molar-refractivity contribution in [2.24, 2.45) is 0 Å². The van der Waals surface area contributed by atoms with Gasteiger partial charge in [-0.1, -0.05) is 28.9 Å². The first-order chi connectivity index (χ1) is 14.1. The Bertz CT molecular complexity index is 1010. The third kappa shape index (κ3) is 4.05. The number of ether oxygens (including phenoxy) is 2. The summed E-state index contributed by atoms with van der Waals surface area (Å²) in [5, 5.41) is 4.74. The van der Waals surface area contributed by atoms with E-state index in [2.05, 4.69) is 10.1 Å². The molecule has 0 saturated carbocycles. The number of hydrogen-bond acceptors (Lipinski definition) is 6. The lowest BCUT2D eigenvalue weighted by Crippen LogP contribution is -2.27. The molecule has 150 valence electrons. The van der Waals surface area contributed by atoms with Crippen molar-refractivity contribution in [1.82, 2.24) is 15.0 Å². The summed E-state index contributed by atoms with van der Waals surface area (Å²) in [6, 6.07) is 12.6. The minimum atomic E-state index is -0.268. The zero-order valence-electron chi connectivity index (χ0n) is 16.1. The molecule has 1 unspecified atom stereocenters. The highest BCUT2D eigenvalue weighted by atomic mass is 35.5. The van der Waals surface area contributed by atoms with Crippen LogP contribution in [0.4, 0.5) is 0 Å². The van der Waals surface area contributed by atoms with Crippen LogP contribution < -0.4 is 9.47 Å². The first-order valence-electron chi connectivity index (χ1n) is 9.18. The highest BCUT2D eigenvalue weighted by Crippen LogP contribution is 2.35. The molecule has 1 amide bonds. The molecule has 0 bridgehead atoms. The van der Waals surface area contributed by atoms with Crippen molar-refractivity contribution >= 4 is 17.5 Å². The van der Waals surface area contributed by atoms with Gasteiger partial charge in [0.15, 0.2) is 0 Å². The van der Waals surface area contributed by atoms with E-state index in [4.69, 9.17) is 25.6 Å². The molecule has 2 heterocycles. The number of methoxy groups -OCH3 is 2. The Kier molecular flexibility index (Phi) is 5.40. The molecular formula is C21H20ClN3O4. The average Bonchev–Trinajstić information content (AvgIpc) is 3.35. The van der Waals surface area contributed by atoms with E-state index in [0.717, 1.165) is 5.56 Å². The van der Waals surface area contributed by atoms with Crippen LogP contribution in [0.25, 0.3) is 11.4 Å². The molecule has 4 rings (SSSR count). The van der Waals surface area contributed by atoms with Crippen molar-refractivity contribution in [3.8, 4) is 22.9 Å². The van der Waals surface area contributed by atoms with Crippen molar-refractivity contribution in [3.05, 3.63) is 58.9 Å². The van der Waals surface area contributed by atoms with Gasteiger partial charge in [-0.25, -0.2) is 0 Å². The third-order valence-electron chi connectivity index (χ3n) is 4.91. The second-order valence-electron chi connectivity index (χ2n) is 6.76. The third-order valence-corrected chi connectivity index (χ3v) is 5.14. The van der Waals surface area contributed by atoms with Gasteiger partial charge in [-0.2, -0.15) is 4.98 Å². The summed E-state index contributed by atoms with van der Waals surface area (Å²) in [4.78, 5) is 18.8. The summed E-state index contributed by atoms with van der Waals surface area (Å²) < 4.78 is 16.1. The van der Waals surface area contributed by atoms with Gasteiger partial charge in [0, 0.05) is 29.6 Å². The van der Waals surface area contributed by atoms with Gasteiger partial charge in [0.05, 0.1) is 14.2 Å². The van der Waals surface area contributed by atoms with Gasteiger partial charge < -0.3 is 18.9 Å². The number of amides is 1. The number of hydrogen-bond donors (Lipinski definition) is 0. The number of halogens is 1. The molecule has 8 heteroatoms. The fourth-order valence-corrected chi connectivity index (χ4v) is 3.66. The van der Waals surface area contributed by atoms with Gasteiger partial charge in [-0.15, -0.1) is 0 Å². The molecule has 1 saturated heterocycles. The quantitative estimate of drug-likeness (QED) is 0.600. The molecular weight excluding hydrogens is 394 g/mol. The van der Waals surface area contributed by atoms with Gasteiger partial charge >= 0.3 is 0 Å². The molecule has 7 nitrogen and oxygen atoms in total. The van der Waals surface area contributed by atoms with E-state index in [1.807, 2.05) is 18.2 Å². The summed E-state index contributed by atoms with van der Waals surface area (Å²) in [6.07, 6.45) is 1.07. The largest absolute Gasteiger partial charge is 0.497 e. The standard InChI is InChI=1S/C21H20ClN3O4/c1-27-16-9-14(10-17(11-16)28-2)20-23-21(29-24-20)18-6-7-19(26)25(18)12-13-4-3-5-15(22)8-13/h3-5,8-11,18H,6-7,12H2,1-2H3. The molecule has 3 aromatic rings. The first-order valence-corrected chi connectivity index (χ1v) is 9.56. The molecule has 29 heavy (non-hydrogen) atoms. The minimum Gasteiger partial charge on any atom is -0.497 e. The number of carbonyl (C=O) groups is 1. The lowest BCUT2D eigenvalue weighted by molar-refractivity contribution is -0.129. The maximum Gasteiger partial charge on any atom is 0.249 e. The monoisotopic (exact) mass is 413 g/mol. The Morgan fingerprint density at radius 3 is 2.62 bits per heavy atom. The van der Waals surface area contributed by atoms with Crippen LogP contribution in [0.3, 0.4) is 0 Å². The summed E-state index contributed by atoms with van der Waals surface area (Å²) in [5.41, 5.74) is 1.66. The van der Waals surface area contributed by atoms with Gasteiger partial charge in [0.2, 0.25) is 17.6 Å². The summed E-state index contributed by atoms with van der Waals surface area (Å²) in [5.74, 6) is 2.14. The van der Waals surface area contributed by atoms with Crippen LogP contribution in [-0.2, 0) is 11.3 Å². The maximum atomic E-state index is 12.5. The topological polar surface area (TPSA) is 77.7 Å². The Morgan fingerprint density at radius 2 is 1.93 bits per heavy atom. The highest BCUT2D eigenvalue weighted by molar-refractivity contribution is 6.30. The van der Waals surface area contributed by atoms with Crippen molar-refractivity contribution in [2.75, 3.05) is 14.2 Å². The second-order valence-corrected chi connectivity index (χ2v) is 7.20. The summed E-state index contributed by atoms with van der Waals surface area (Å²) >= 11 is 6.08. The molecule has 1 aromatic heterocycles. The fourth-order valence-electron chi connectivity index (χ4n) is 3.44.